The summed E-state index contributed by atoms with van der Waals surface area (Å²) in [5.41, 5.74) is 5.83. The number of carbonyl (C=O) groups excluding carboxylic acids is 1. The highest BCUT2D eigenvalue weighted by Crippen LogP contribution is 2.32. The van der Waals surface area contributed by atoms with Crippen LogP contribution in [0.2, 0.25) is 0 Å². The van der Waals surface area contributed by atoms with Gasteiger partial charge < -0.3 is 16.4 Å². The summed E-state index contributed by atoms with van der Waals surface area (Å²) >= 11 is 0. The summed E-state index contributed by atoms with van der Waals surface area (Å²) in [7, 11) is 0. The van der Waals surface area contributed by atoms with E-state index < -0.39 is 0 Å². The molecule has 114 valence electrons. The van der Waals surface area contributed by atoms with Gasteiger partial charge in [0.2, 0.25) is 5.91 Å². The van der Waals surface area contributed by atoms with Crippen molar-refractivity contribution >= 4 is 5.91 Å². The monoisotopic (exact) mass is 271 g/mol. The van der Waals surface area contributed by atoms with Crippen molar-refractivity contribution in [1.82, 2.24) is 10.6 Å². The minimum atomic E-state index is 0.127. The lowest BCUT2D eigenvalue weighted by atomic mass is 9.76. The molecule has 0 fully saturated rings. The lowest BCUT2D eigenvalue weighted by Gasteiger charge is -2.32. The Morgan fingerprint density at radius 2 is 1.74 bits per heavy atom. The van der Waals surface area contributed by atoms with Crippen molar-refractivity contribution in [3.63, 3.8) is 0 Å². The smallest absolute Gasteiger partial charge is 0.221 e. The summed E-state index contributed by atoms with van der Waals surface area (Å²) in [4.78, 5) is 11.7. The Balaban J connectivity index is 3.77. The second kappa shape index (κ2) is 8.54. The van der Waals surface area contributed by atoms with Gasteiger partial charge in [-0.05, 0) is 36.8 Å². The molecule has 0 unspecified atom stereocenters. The Morgan fingerprint density at radius 1 is 1.11 bits per heavy atom. The molecule has 19 heavy (non-hydrogen) atoms. The van der Waals surface area contributed by atoms with Crippen LogP contribution in [0.3, 0.4) is 0 Å². The van der Waals surface area contributed by atoms with Crippen molar-refractivity contribution in [1.29, 1.82) is 0 Å². The molecule has 0 aromatic heterocycles. The maximum Gasteiger partial charge on any atom is 0.221 e. The van der Waals surface area contributed by atoms with Crippen LogP contribution >= 0.6 is 0 Å². The van der Waals surface area contributed by atoms with Crippen molar-refractivity contribution < 1.29 is 4.79 Å². The first-order chi connectivity index (χ1) is 8.66. The fraction of sp³-hybridized carbons (Fsp3) is 0.933. The second-order valence-electron chi connectivity index (χ2n) is 7.32. The SMILES string of the molecule is CC(C)(C)CC(C)(C)CNC(=O)CCNCCCN. The summed E-state index contributed by atoms with van der Waals surface area (Å²) in [6, 6.07) is 0. The molecular formula is C15H33N3O. The Bertz CT molecular complexity index is 257. The zero-order chi connectivity index (χ0) is 14.9. The number of carbonyl (C=O) groups is 1. The van der Waals surface area contributed by atoms with Gasteiger partial charge in [0.15, 0.2) is 0 Å². The van der Waals surface area contributed by atoms with Gasteiger partial charge >= 0.3 is 0 Å². The fourth-order valence-electron chi connectivity index (χ4n) is 2.48. The molecule has 0 aliphatic rings. The largest absolute Gasteiger partial charge is 0.356 e. The molecule has 0 saturated heterocycles. The molecule has 0 aliphatic heterocycles. The van der Waals surface area contributed by atoms with Gasteiger partial charge in [-0.25, -0.2) is 0 Å². The zero-order valence-corrected chi connectivity index (χ0v) is 13.4. The van der Waals surface area contributed by atoms with Gasteiger partial charge in [-0.1, -0.05) is 34.6 Å². The van der Waals surface area contributed by atoms with Crippen LogP contribution in [0.1, 0.15) is 53.9 Å². The molecule has 1 amide bonds. The molecule has 0 saturated carbocycles. The molecule has 0 aliphatic carbocycles. The molecule has 0 atom stereocenters. The molecule has 0 heterocycles. The molecule has 0 rings (SSSR count). The van der Waals surface area contributed by atoms with Gasteiger partial charge in [-0.2, -0.15) is 0 Å². The van der Waals surface area contributed by atoms with Crippen LogP contribution in [0.15, 0.2) is 0 Å². The van der Waals surface area contributed by atoms with Gasteiger partial charge in [-0.15, -0.1) is 0 Å². The molecule has 0 aromatic rings. The van der Waals surface area contributed by atoms with E-state index in [1.807, 2.05) is 0 Å². The summed E-state index contributed by atoms with van der Waals surface area (Å²) in [6.45, 7) is 14.2. The van der Waals surface area contributed by atoms with Crippen LogP contribution in [-0.4, -0.2) is 32.1 Å². The lowest BCUT2D eigenvalue weighted by Crippen LogP contribution is -2.37. The van der Waals surface area contributed by atoms with E-state index >= 15 is 0 Å². The van der Waals surface area contributed by atoms with E-state index in [0.29, 0.717) is 13.0 Å². The minimum Gasteiger partial charge on any atom is -0.356 e. The topological polar surface area (TPSA) is 67.2 Å². The molecule has 4 nitrogen and oxygen atoms in total. The average Bonchev–Trinajstić information content (AvgIpc) is 2.23. The van der Waals surface area contributed by atoms with Crippen LogP contribution in [-0.2, 0) is 4.79 Å². The van der Waals surface area contributed by atoms with E-state index in [1.165, 1.54) is 0 Å². The number of nitrogens with two attached hydrogens (primary N) is 1. The first-order valence-electron chi connectivity index (χ1n) is 7.34. The molecule has 0 spiro atoms. The highest BCUT2D eigenvalue weighted by molar-refractivity contribution is 5.76. The minimum absolute atomic E-state index is 0.127. The third-order valence-electron chi connectivity index (χ3n) is 2.86. The summed E-state index contributed by atoms with van der Waals surface area (Å²) in [5, 5.41) is 6.24. The average molecular weight is 271 g/mol. The Labute approximate surface area is 118 Å². The van der Waals surface area contributed by atoms with E-state index in [-0.39, 0.29) is 16.7 Å². The maximum atomic E-state index is 11.7. The number of hydrogen-bond acceptors (Lipinski definition) is 3. The third kappa shape index (κ3) is 12.2. The van der Waals surface area contributed by atoms with E-state index in [4.69, 9.17) is 5.73 Å². The predicted molar refractivity (Wildman–Crippen MR) is 82.0 cm³/mol. The first kappa shape index (κ1) is 18.4. The zero-order valence-electron chi connectivity index (χ0n) is 13.4. The number of rotatable bonds is 9. The molecule has 0 bridgehead atoms. The fourth-order valence-corrected chi connectivity index (χ4v) is 2.48. The number of amides is 1. The van der Waals surface area contributed by atoms with Gasteiger partial charge in [0.1, 0.15) is 0 Å². The summed E-state index contributed by atoms with van der Waals surface area (Å²) in [5.74, 6) is 0.127. The Morgan fingerprint density at radius 3 is 2.26 bits per heavy atom. The van der Waals surface area contributed by atoms with E-state index in [9.17, 15) is 4.79 Å². The van der Waals surface area contributed by atoms with Crippen LogP contribution in [0.4, 0.5) is 0 Å². The second-order valence-corrected chi connectivity index (χ2v) is 7.32. The van der Waals surface area contributed by atoms with Crippen LogP contribution in [0.25, 0.3) is 0 Å². The molecule has 0 aromatic carbocycles. The predicted octanol–water partition coefficient (Wildman–Crippen LogP) is 1.89. The van der Waals surface area contributed by atoms with Crippen molar-refractivity contribution in [3.8, 4) is 0 Å². The van der Waals surface area contributed by atoms with E-state index in [1.54, 1.807) is 0 Å². The molecule has 4 N–H and O–H groups in total. The van der Waals surface area contributed by atoms with Crippen molar-refractivity contribution in [2.24, 2.45) is 16.6 Å². The van der Waals surface area contributed by atoms with Gasteiger partial charge in [0, 0.05) is 19.5 Å². The van der Waals surface area contributed by atoms with Crippen LogP contribution in [0.5, 0.6) is 0 Å². The van der Waals surface area contributed by atoms with Gasteiger partial charge in [0.25, 0.3) is 0 Å². The number of nitrogens with one attached hydrogen (secondary N) is 2. The van der Waals surface area contributed by atoms with E-state index in [0.717, 1.165) is 32.5 Å². The highest BCUT2D eigenvalue weighted by Gasteiger charge is 2.25. The Kier molecular flexibility index (Phi) is 8.26. The van der Waals surface area contributed by atoms with Crippen LogP contribution < -0.4 is 16.4 Å². The molecule has 0 radical (unpaired) electrons. The van der Waals surface area contributed by atoms with Gasteiger partial charge in [-0.3, -0.25) is 4.79 Å². The molecule has 4 heteroatoms. The van der Waals surface area contributed by atoms with Crippen molar-refractivity contribution in [2.45, 2.75) is 53.9 Å². The normalized spacial score (nSPS) is 12.5. The quantitative estimate of drug-likeness (QED) is 0.561. The lowest BCUT2D eigenvalue weighted by molar-refractivity contribution is -0.121. The maximum absolute atomic E-state index is 11.7. The summed E-state index contributed by atoms with van der Waals surface area (Å²) < 4.78 is 0. The third-order valence-corrected chi connectivity index (χ3v) is 2.86. The first-order valence-corrected chi connectivity index (χ1v) is 7.34. The molecular weight excluding hydrogens is 238 g/mol. The van der Waals surface area contributed by atoms with Crippen LogP contribution in [0, 0.1) is 10.8 Å². The number of hydrogen-bond donors (Lipinski definition) is 3. The Hall–Kier alpha value is -0.610. The summed E-state index contributed by atoms with van der Waals surface area (Å²) in [6.07, 6.45) is 2.59. The van der Waals surface area contributed by atoms with E-state index in [2.05, 4.69) is 45.3 Å². The van der Waals surface area contributed by atoms with Gasteiger partial charge in [0.05, 0.1) is 0 Å². The van der Waals surface area contributed by atoms with Crippen molar-refractivity contribution in [3.05, 3.63) is 0 Å². The highest BCUT2D eigenvalue weighted by atomic mass is 16.1. The standard InChI is InChI=1S/C15H33N3O/c1-14(2,3)11-15(4,5)12-18-13(19)7-10-17-9-6-8-16/h17H,6-12,16H2,1-5H3,(H,18,19). The van der Waals surface area contributed by atoms with Crippen molar-refractivity contribution in [2.75, 3.05) is 26.2 Å².